The molecule has 0 aliphatic carbocycles. The Morgan fingerprint density at radius 1 is 1.14 bits per heavy atom. The van der Waals surface area contributed by atoms with Gasteiger partial charge in [0.25, 0.3) is 5.91 Å². The first-order valence-electron chi connectivity index (χ1n) is 9.06. The topological polar surface area (TPSA) is 96.0 Å². The fourth-order valence-corrected chi connectivity index (χ4v) is 4.13. The molecule has 2 aromatic carbocycles. The Morgan fingerprint density at radius 3 is 2.52 bits per heavy atom. The third kappa shape index (κ3) is 4.25. The summed E-state index contributed by atoms with van der Waals surface area (Å²) >= 11 is 0. The van der Waals surface area contributed by atoms with Crippen molar-refractivity contribution in [2.75, 3.05) is 25.5 Å². The van der Waals surface area contributed by atoms with E-state index >= 15 is 0 Å². The van der Waals surface area contributed by atoms with E-state index in [0.717, 1.165) is 4.31 Å². The number of sulfonamides is 1. The van der Waals surface area contributed by atoms with Gasteiger partial charge in [0.2, 0.25) is 15.9 Å². The van der Waals surface area contributed by atoms with E-state index in [9.17, 15) is 18.0 Å². The summed E-state index contributed by atoms with van der Waals surface area (Å²) in [5.74, 6) is -0.177. The number of rotatable bonds is 6. The number of para-hydroxylation sites is 2. The minimum Gasteiger partial charge on any atom is -0.479 e. The molecule has 8 nitrogen and oxygen atoms in total. The van der Waals surface area contributed by atoms with Crippen LogP contribution in [0.25, 0.3) is 0 Å². The molecule has 0 bridgehead atoms. The second-order valence-electron chi connectivity index (χ2n) is 6.82. The molecule has 2 aromatic rings. The van der Waals surface area contributed by atoms with Crippen molar-refractivity contribution >= 4 is 27.5 Å². The molecule has 154 valence electrons. The zero-order valence-corrected chi connectivity index (χ0v) is 17.3. The quantitative estimate of drug-likeness (QED) is 0.766. The lowest BCUT2D eigenvalue weighted by Crippen LogP contribution is -2.48. The van der Waals surface area contributed by atoms with Crippen LogP contribution in [0.3, 0.4) is 0 Å². The summed E-state index contributed by atoms with van der Waals surface area (Å²) in [6, 6.07) is 13.5. The van der Waals surface area contributed by atoms with Crippen molar-refractivity contribution in [3.05, 3.63) is 54.1 Å². The van der Waals surface area contributed by atoms with Gasteiger partial charge in [-0.25, -0.2) is 12.7 Å². The third-order valence-corrected chi connectivity index (χ3v) is 6.50. The number of hydrogen-bond donors (Lipinski definition) is 1. The third-order valence-electron chi connectivity index (χ3n) is 4.58. The molecule has 0 fully saturated rings. The van der Waals surface area contributed by atoms with Crippen molar-refractivity contribution in [2.24, 2.45) is 0 Å². The van der Waals surface area contributed by atoms with E-state index in [1.54, 1.807) is 49.4 Å². The predicted molar refractivity (Wildman–Crippen MR) is 108 cm³/mol. The summed E-state index contributed by atoms with van der Waals surface area (Å²) in [5.41, 5.74) is 0.998. The molecule has 1 aliphatic heterocycles. The van der Waals surface area contributed by atoms with Crippen LogP contribution in [0, 0.1) is 0 Å². The maximum atomic E-state index is 12.5. The second kappa shape index (κ2) is 8.22. The number of nitrogens with one attached hydrogen (secondary N) is 1. The van der Waals surface area contributed by atoms with Crippen molar-refractivity contribution in [3.8, 4) is 5.75 Å². The van der Waals surface area contributed by atoms with Gasteiger partial charge in [-0.3, -0.25) is 14.5 Å². The molecule has 0 saturated carbocycles. The lowest BCUT2D eigenvalue weighted by molar-refractivity contribution is -0.128. The number of anilines is 1. The normalized spacial score (nSPS) is 16.3. The van der Waals surface area contributed by atoms with E-state index < -0.39 is 22.0 Å². The first kappa shape index (κ1) is 20.8. The Balaban J connectivity index is 1.74. The maximum absolute atomic E-state index is 12.5. The summed E-state index contributed by atoms with van der Waals surface area (Å²) in [7, 11) is -0.734. The highest BCUT2D eigenvalue weighted by Gasteiger charge is 2.32. The number of fused-ring (bicyclic) bond motifs is 1. The van der Waals surface area contributed by atoms with Gasteiger partial charge in [-0.1, -0.05) is 30.3 Å². The highest BCUT2D eigenvalue weighted by atomic mass is 32.2. The SMILES string of the molecule is CC1Oc2ccccc2N(CC(=O)NCc2ccccc2S(=O)(=O)N(C)C)C1=O. The van der Waals surface area contributed by atoms with Gasteiger partial charge in [0.1, 0.15) is 12.3 Å². The Bertz CT molecular complexity index is 1040. The summed E-state index contributed by atoms with van der Waals surface area (Å²) in [5, 5.41) is 2.71. The first-order chi connectivity index (χ1) is 13.7. The second-order valence-corrected chi connectivity index (χ2v) is 8.94. The van der Waals surface area contributed by atoms with Crippen LogP contribution >= 0.6 is 0 Å². The summed E-state index contributed by atoms with van der Waals surface area (Å²) < 4.78 is 31.6. The number of benzene rings is 2. The number of carbonyl (C=O) groups excluding carboxylic acids is 2. The molecule has 0 spiro atoms. The molecular formula is C20H23N3O5S. The summed E-state index contributed by atoms with van der Waals surface area (Å²) in [6.45, 7) is 1.47. The minimum atomic E-state index is -3.64. The lowest BCUT2D eigenvalue weighted by Gasteiger charge is -2.32. The van der Waals surface area contributed by atoms with Crippen LogP contribution < -0.4 is 15.0 Å². The zero-order chi connectivity index (χ0) is 21.2. The molecule has 1 N–H and O–H groups in total. The number of nitrogens with zero attached hydrogens (tertiary/aromatic N) is 2. The van der Waals surface area contributed by atoms with Crippen LogP contribution in [0.4, 0.5) is 5.69 Å². The molecule has 0 aromatic heterocycles. The van der Waals surface area contributed by atoms with E-state index in [1.165, 1.54) is 25.1 Å². The van der Waals surface area contributed by atoms with Gasteiger partial charge in [0.05, 0.1) is 10.6 Å². The van der Waals surface area contributed by atoms with Gasteiger partial charge in [-0.05, 0) is 30.7 Å². The van der Waals surface area contributed by atoms with E-state index in [2.05, 4.69) is 5.32 Å². The van der Waals surface area contributed by atoms with E-state index in [4.69, 9.17) is 4.74 Å². The van der Waals surface area contributed by atoms with Crippen molar-refractivity contribution in [3.63, 3.8) is 0 Å². The molecule has 29 heavy (non-hydrogen) atoms. The Hall–Kier alpha value is -2.91. The molecule has 1 atom stereocenters. The highest BCUT2D eigenvalue weighted by Crippen LogP contribution is 2.33. The summed E-state index contributed by atoms with van der Waals surface area (Å²) in [6.07, 6.45) is -0.691. The van der Waals surface area contributed by atoms with E-state index in [-0.39, 0.29) is 23.9 Å². The zero-order valence-electron chi connectivity index (χ0n) is 16.5. The Kier molecular flexibility index (Phi) is 5.90. The van der Waals surface area contributed by atoms with E-state index in [0.29, 0.717) is 17.0 Å². The number of carbonyl (C=O) groups is 2. The van der Waals surface area contributed by atoms with Crippen LogP contribution in [0.15, 0.2) is 53.4 Å². The predicted octanol–water partition coefficient (Wildman–Crippen LogP) is 1.37. The minimum absolute atomic E-state index is 0.0256. The summed E-state index contributed by atoms with van der Waals surface area (Å²) in [4.78, 5) is 26.5. The van der Waals surface area contributed by atoms with Crippen LogP contribution in [-0.2, 0) is 26.2 Å². The Labute approximate surface area is 170 Å². The fourth-order valence-electron chi connectivity index (χ4n) is 3.01. The maximum Gasteiger partial charge on any atom is 0.268 e. The molecular weight excluding hydrogens is 394 g/mol. The van der Waals surface area contributed by atoms with E-state index in [1.807, 2.05) is 0 Å². The standard InChI is InChI=1S/C20H23N3O5S/c1-14-20(25)23(16-9-5-6-10-17(16)28-14)13-19(24)21-12-15-8-4-7-11-18(15)29(26,27)22(2)3/h4-11,14H,12-13H2,1-3H3,(H,21,24). The first-order valence-corrected chi connectivity index (χ1v) is 10.5. The van der Waals surface area contributed by atoms with Crippen molar-refractivity contribution in [2.45, 2.75) is 24.5 Å². The van der Waals surface area contributed by atoms with Crippen molar-refractivity contribution in [1.29, 1.82) is 0 Å². The van der Waals surface area contributed by atoms with Crippen LogP contribution in [0.1, 0.15) is 12.5 Å². The lowest BCUT2D eigenvalue weighted by atomic mass is 10.2. The van der Waals surface area contributed by atoms with Crippen molar-refractivity contribution in [1.82, 2.24) is 9.62 Å². The molecule has 2 amide bonds. The van der Waals surface area contributed by atoms with Gasteiger partial charge < -0.3 is 10.1 Å². The largest absolute Gasteiger partial charge is 0.479 e. The fraction of sp³-hybridized carbons (Fsp3) is 0.300. The molecule has 3 rings (SSSR count). The molecule has 9 heteroatoms. The van der Waals surface area contributed by atoms with Crippen LogP contribution in [0.5, 0.6) is 5.75 Å². The number of amides is 2. The highest BCUT2D eigenvalue weighted by molar-refractivity contribution is 7.89. The van der Waals surface area contributed by atoms with Gasteiger partial charge in [0.15, 0.2) is 6.10 Å². The monoisotopic (exact) mass is 417 g/mol. The van der Waals surface area contributed by atoms with Crippen LogP contribution in [-0.4, -0.2) is 51.3 Å². The molecule has 1 aliphatic rings. The van der Waals surface area contributed by atoms with Gasteiger partial charge >= 0.3 is 0 Å². The number of ether oxygens (including phenoxy) is 1. The molecule has 0 radical (unpaired) electrons. The van der Waals surface area contributed by atoms with Gasteiger partial charge in [-0.2, -0.15) is 0 Å². The molecule has 0 saturated heterocycles. The Morgan fingerprint density at radius 2 is 1.79 bits per heavy atom. The van der Waals surface area contributed by atoms with Gasteiger partial charge in [-0.15, -0.1) is 0 Å². The van der Waals surface area contributed by atoms with Crippen molar-refractivity contribution < 1.29 is 22.7 Å². The average molecular weight is 417 g/mol. The smallest absolute Gasteiger partial charge is 0.268 e. The average Bonchev–Trinajstić information content (AvgIpc) is 2.70. The molecule has 1 heterocycles. The molecule has 1 unspecified atom stereocenters. The van der Waals surface area contributed by atoms with Gasteiger partial charge in [0, 0.05) is 20.6 Å². The number of hydrogen-bond acceptors (Lipinski definition) is 5. The van der Waals surface area contributed by atoms with Crippen LogP contribution in [0.2, 0.25) is 0 Å².